The molecule has 1 unspecified atom stereocenters. The molecule has 6 nitrogen and oxygen atoms in total. The van der Waals surface area contributed by atoms with Crippen LogP contribution in [0.3, 0.4) is 0 Å². The Morgan fingerprint density at radius 3 is 2.77 bits per heavy atom. The number of hydrogen-bond donors (Lipinski definition) is 1. The van der Waals surface area contributed by atoms with Crippen LogP contribution in [0.4, 0.5) is 13.2 Å². The van der Waals surface area contributed by atoms with Crippen molar-refractivity contribution >= 4 is 29.9 Å². The first kappa shape index (κ1) is 22.7. The number of nitrogens with one attached hydrogen (secondary N) is 1. The molecule has 0 aliphatic carbocycles. The third kappa shape index (κ3) is 7.94. The minimum atomic E-state index is -4.37. The van der Waals surface area contributed by atoms with E-state index >= 15 is 0 Å². The Bertz CT molecular complexity index is 564. The summed E-state index contributed by atoms with van der Waals surface area (Å²) in [5.41, 5.74) is 0.818. The summed E-state index contributed by atoms with van der Waals surface area (Å²) < 4.78 is 46.3. The van der Waals surface area contributed by atoms with E-state index in [2.05, 4.69) is 20.0 Å². The topological polar surface area (TPSA) is 59.0 Å². The summed E-state index contributed by atoms with van der Waals surface area (Å²) in [4.78, 5) is 10.2. The standard InChI is InChI=1S/C16H23F3N4O2.HI/c1-20-15(23(2)9-13-5-6-24-10-13)22-8-12-3-4-14(21-7-12)25-11-16(17,18)19;/h3-4,7,13H,5-6,8-11H2,1-2H3,(H,20,22);1H. The molecule has 1 fully saturated rings. The highest BCUT2D eigenvalue weighted by Gasteiger charge is 2.28. The van der Waals surface area contributed by atoms with Gasteiger partial charge in [-0.15, -0.1) is 24.0 Å². The van der Waals surface area contributed by atoms with Gasteiger partial charge in [-0.2, -0.15) is 13.2 Å². The van der Waals surface area contributed by atoms with Gasteiger partial charge in [-0.1, -0.05) is 6.07 Å². The van der Waals surface area contributed by atoms with Gasteiger partial charge < -0.3 is 19.7 Å². The second-order valence-corrected chi connectivity index (χ2v) is 5.92. The molecule has 1 saturated heterocycles. The van der Waals surface area contributed by atoms with Crippen molar-refractivity contribution in [1.82, 2.24) is 15.2 Å². The molecule has 0 bridgehead atoms. The maximum Gasteiger partial charge on any atom is 0.422 e. The van der Waals surface area contributed by atoms with Crippen LogP contribution in [0.25, 0.3) is 0 Å². The molecule has 0 aromatic carbocycles. The summed E-state index contributed by atoms with van der Waals surface area (Å²) in [5.74, 6) is 1.18. The summed E-state index contributed by atoms with van der Waals surface area (Å²) in [7, 11) is 3.66. The molecule has 0 amide bonds. The first-order valence-electron chi connectivity index (χ1n) is 8.01. The summed E-state index contributed by atoms with van der Waals surface area (Å²) >= 11 is 0. The van der Waals surface area contributed by atoms with Crippen molar-refractivity contribution in [3.8, 4) is 5.88 Å². The molecule has 1 atom stereocenters. The van der Waals surface area contributed by atoms with Crippen LogP contribution in [-0.2, 0) is 11.3 Å². The highest BCUT2D eigenvalue weighted by Crippen LogP contribution is 2.17. The van der Waals surface area contributed by atoms with E-state index < -0.39 is 12.8 Å². The molecule has 26 heavy (non-hydrogen) atoms. The SMILES string of the molecule is CN=C(NCc1ccc(OCC(F)(F)F)nc1)N(C)CC1CCOC1.I. The second-order valence-electron chi connectivity index (χ2n) is 5.92. The molecule has 1 aliphatic rings. The van der Waals surface area contributed by atoms with Gasteiger partial charge in [0.1, 0.15) is 0 Å². The van der Waals surface area contributed by atoms with Gasteiger partial charge in [0.15, 0.2) is 12.6 Å². The molecule has 1 N–H and O–H groups in total. The van der Waals surface area contributed by atoms with E-state index in [0.29, 0.717) is 12.5 Å². The lowest BCUT2D eigenvalue weighted by atomic mass is 10.1. The summed E-state index contributed by atoms with van der Waals surface area (Å²) in [6, 6.07) is 3.09. The number of pyridine rings is 1. The molecular weight excluding hydrogens is 464 g/mol. The number of aliphatic imine (C=N–C) groups is 1. The number of ether oxygens (including phenoxy) is 2. The highest BCUT2D eigenvalue weighted by atomic mass is 127. The van der Waals surface area contributed by atoms with Crippen LogP contribution in [0.5, 0.6) is 5.88 Å². The van der Waals surface area contributed by atoms with Crippen LogP contribution >= 0.6 is 24.0 Å². The van der Waals surface area contributed by atoms with Gasteiger partial charge >= 0.3 is 6.18 Å². The first-order chi connectivity index (χ1) is 11.9. The fourth-order valence-electron chi connectivity index (χ4n) is 2.52. The average molecular weight is 488 g/mol. The van der Waals surface area contributed by atoms with Crippen LogP contribution in [0, 0.1) is 5.92 Å². The highest BCUT2D eigenvalue weighted by molar-refractivity contribution is 14.0. The molecule has 1 aliphatic heterocycles. The Morgan fingerprint density at radius 1 is 1.46 bits per heavy atom. The minimum absolute atomic E-state index is 0. The molecule has 10 heteroatoms. The van der Waals surface area contributed by atoms with Crippen molar-refractivity contribution in [1.29, 1.82) is 0 Å². The van der Waals surface area contributed by atoms with Gasteiger partial charge in [-0.25, -0.2) is 4.98 Å². The number of rotatable bonds is 6. The van der Waals surface area contributed by atoms with Gasteiger partial charge in [0.2, 0.25) is 5.88 Å². The van der Waals surface area contributed by atoms with Crippen molar-refractivity contribution in [2.75, 3.05) is 40.5 Å². The maximum atomic E-state index is 12.1. The van der Waals surface area contributed by atoms with Crippen LogP contribution < -0.4 is 10.1 Å². The Labute approximate surface area is 168 Å². The second kappa shape index (κ2) is 10.8. The van der Waals surface area contributed by atoms with Gasteiger partial charge in [0.05, 0.1) is 6.61 Å². The summed E-state index contributed by atoms with van der Waals surface area (Å²) in [6.07, 6.45) is -1.84. The van der Waals surface area contributed by atoms with E-state index in [1.165, 1.54) is 12.3 Å². The number of hydrogen-bond acceptors (Lipinski definition) is 4. The molecule has 2 heterocycles. The quantitative estimate of drug-likeness (QED) is 0.379. The molecule has 2 rings (SSSR count). The lowest BCUT2D eigenvalue weighted by Crippen LogP contribution is -2.41. The van der Waals surface area contributed by atoms with Crippen LogP contribution in [0.1, 0.15) is 12.0 Å². The maximum absolute atomic E-state index is 12.1. The van der Waals surface area contributed by atoms with E-state index in [1.807, 2.05) is 11.9 Å². The van der Waals surface area contributed by atoms with Gasteiger partial charge in [0, 0.05) is 52.0 Å². The smallest absolute Gasteiger partial charge is 0.422 e. The normalized spacial score (nSPS) is 17.6. The van der Waals surface area contributed by atoms with Crippen molar-refractivity contribution in [3.05, 3.63) is 23.9 Å². The zero-order valence-electron chi connectivity index (χ0n) is 14.8. The molecule has 0 radical (unpaired) electrons. The number of guanidine groups is 1. The number of alkyl halides is 3. The van der Waals surface area contributed by atoms with E-state index in [0.717, 1.165) is 37.7 Å². The van der Waals surface area contributed by atoms with Crippen molar-refractivity contribution in [3.63, 3.8) is 0 Å². The fraction of sp³-hybridized carbons (Fsp3) is 0.625. The lowest BCUT2D eigenvalue weighted by Gasteiger charge is -2.24. The van der Waals surface area contributed by atoms with Crippen molar-refractivity contribution in [2.24, 2.45) is 10.9 Å². The molecule has 148 valence electrons. The number of halogens is 4. The molecular formula is C16H24F3IN4O2. The van der Waals surface area contributed by atoms with E-state index in [4.69, 9.17) is 4.74 Å². The minimum Gasteiger partial charge on any atom is -0.468 e. The monoisotopic (exact) mass is 488 g/mol. The first-order valence-corrected chi connectivity index (χ1v) is 8.01. The van der Waals surface area contributed by atoms with Gasteiger partial charge in [-0.3, -0.25) is 4.99 Å². The Balaban J connectivity index is 0.00000338. The van der Waals surface area contributed by atoms with E-state index in [-0.39, 0.29) is 29.9 Å². The van der Waals surface area contributed by atoms with Crippen LogP contribution in [0.2, 0.25) is 0 Å². The zero-order valence-corrected chi connectivity index (χ0v) is 17.1. The predicted octanol–water partition coefficient (Wildman–Crippen LogP) is 2.68. The fourth-order valence-corrected chi connectivity index (χ4v) is 2.52. The predicted molar refractivity (Wildman–Crippen MR) is 103 cm³/mol. The van der Waals surface area contributed by atoms with Crippen molar-refractivity contribution in [2.45, 2.75) is 19.1 Å². The van der Waals surface area contributed by atoms with Crippen molar-refractivity contribution < 1.29 is 22.6 Å². The summed E-state index contributed by atoms with van der Waals surface area (Å²) in [5, 5.41) is 3.21. The van der Waals surface area contributed by atoms with E-state index in [9.17, 15) is 13.2 Å². The van der Waals surface area contributed by atoms with Gasteiger partial charge in [-0.05, 0) is 12.0 Å². The third-order valence-electron chi connectivity index (χ3n) is 3.76. The lowest BCUT2D eigenvalue weighted by molar-refractivity contribution is -0.154. The van der Waals surface area contributed by atoms with Crippen LogP contribution in [-0.4, -0.2) is 62.5 Å². The Hall–Kier alpha value is -1.30. The Morgan fingerprint density at radius 2 is 2.23 bits per heavy atom. The van der Waals surface area contributed by atoms with Crippen LogP contribution in [0.15, 0.2) is 23.3 Å². The van der Waals surface area contributed by atoms with Gasteiger partial charge in [0.25, 0.3) is 0 Å². The molecule has 0 spiro atoms. The summed E-state index contributed by atoms with van der Waals surface area (Å²) in [6.45, 7) is 1.54. The number of nitrogens with zero attached hydrogens (tertiary/aromatic N) is 3. The zero-order chi connectivity index (χ0) is 18.3. The Kier molecular flexibility index (Phi) is 9.41. The number of aromatic nitrogens is 1. The molecule has 1 aromatic rings. The molecule has 0 saturated carbocycles. The average Bonchev–Trinajstić information content (AvgIpc) is 3.07. The largest absolute Gasteiger partial charge is 0.468 e. The molecule has 1 aromatic heterocycles. The third-order valence-corrected chi connectivity index (χ3v) is 3.76. The van der Waals surface area contributed by atoms with E-state index in [1.54, 1.807) is 13.1 Å².